The molecule has 1 atom stereocenters. The Bertz CT molecular complexity index is 487. The van der Waals surface area contributed by atoms with Crippen LogP contribution in [-0.4, -0.2) is 39.1 Å². The fraction of sp³-hybridized carbons (Fsp3) is 0.400. The predicted octanol–water partition coefficient (Wildman–Crippen LogP) is 0.163. The minimum atomic E-state index is -1.22. The van der Waals surface area contributed by atoms with E-state index in [-0.39, 0.29) is 30.1 Å². The number of nitrogen functional groups attached to an aromatic ring is 1. The van der Waals surface area contributed by atoms with Crippen molar-refractivity contribution in [3.05, 3.63) is 11.1 Å². The molecule has 0 spiro atoms. The fourth-order valence-electron chi connectivity index (χ4n) is 1.34. The van der Waals surface area contributed by atoms with E-state index in [0.717, 1.165) is 11.3 Å². The van der Waals surface area contributed by atoms with Crippen molar-refractivity contribution >= 4 is 34.3 Å². The van der Waals surface area contributed by atoms with Gasteiger partial charge in [0.25, 0.3) is 5.91 Å². The van der Waals surface area contributed by atoms with Crippen LogP contribution in [0.25, 0.3) is 0 Å². The second-order valence-electron chi connectivity index (χ2n) is 3.72. The van der Waals surface area contributed by atoms with Crippen LogP contribution < -0.4 is 11.1 Å². The third-order valence-corrected chi connectivity index (χ3v) is 2.92. The summed E-state index contributed by atoms with van der Waals surface area (Å²) >= 11 is 1.07. The summed E-state index contributed by atoms with van der Waals surface area (Å²) < 4.78 is 0. The van der Waals surface area contributed by atoms with Gasteiger partial charge in [0.15, 0.2) is 5.13 Å². The molecule has 0 aliphatic heterocycles. The molecule has 0 bridgehead atoms. The molecule has 104 valence electrons. The van der Waals surface area contributed by atoms with Crippen molar-refractivity contribution in [2.75, 3.05) is 5.73 Å². The largest absolute Gasteiger partial charge is 0.481 e. The van der Waals surface area contributed by atoms with Gasteiger partial charge in [-0.2, -0.15) is 0 Å². The molecule has 0 saturated heterocycles. The molecule has 0 aliphatic rings. The number of amides is 1. The second-order valence-corrected chi connectivity index (χ2v) is 4.61. The summed E-state index contributed by atoms with van der Waals surface area (Å²) in [6, 6.07) is -1.14. The summed E-state index contributed by atoms with van der Waals surface area (Å²) in [7, 11) is 0. The van der Waals surface area contributed by atoms with Gasteiger partial charge in [-0.05, 0) is 12.8 Å². The Morgan fingerprint density at radius 2 is 2.11 bits per heavy atom. The van der Waals surface area contributed by atoms with Crippen LogP contribution in [0.15, 0.2) is 5.38 Å². The summed E-state index contributed by atoms with van der Waals surface area (Å²) in [6.45, 7) is 0. The Kier molecular flexibility index (Phi) is 5.24. The van der Waals surface area contributed by atoms with Gasteiger partial charge in [0.2, 0.25) is 0 Å². The molecule has 5 N–H and O–H groups in total. The first kappa shape index (κ1) is 14.9. The number of carboxylic acids is 2. The van der Waals surface area contributed by atoms with Gasteiger partial charge in [-0.1, -0.05) is 0 Å². The molecule has 1 amide bonds. The molecule has 19 heavy (non-hydrogen) atoms. The van der Waals surface area contributed by atoms with Gasteiger partial charge in [-0.25, -0.2) is 9.78 Å². The van der Waals surface area contributed by atoms with Crippen LogP contribution in [0.2, 0.25) is 0 Å². The molecule has 8 nitrogen and oxygen atoms in total. The van der Waals surface area contributed by atoms with E-state index in [4.69, 9.17) is 15.9 Å². The Balaban J connectivity index is 2.55. The number of aliphatic carboxylic acids is 2. The maximum Gasteiger partial charge on any atom is 0.326 e. The first-order chi connectivity index (χ1) is 8.90. The molecule has 1 aromatic rings. The summed E-state index contributed by atoms with van der Waals surface area (Å²) in [5, 5.41) is 21.3. The van der Waals surface area contributed by atoms with Gasteiger partial charge in [0.1, 0.15) is 11.7 Å². The van der Waals surface area contributed by atoms with E-state index in [1.807, 2.05) is 0 Å². The van der Waals surface area contributed by atoms with Gasteiger partial charge >= 0.3 is 11.9 Å². The normalized spacial score (nSPS) is 11.8. The van der Waals surface area contributed by atoms with Gasteiger partial charge < -0.3 is 21.3 Å². The molecular weight excluding hydrogens is 274 g/mol. The number of aromatic nitrogens is 1. The summed E-state index contributed by atoms with van der Waals surface area (Å²) in [5.74, 6) is -2.87. The summed E-state index contributed by atoms with van der Waals surface area (Å²) in [4.78, 5) is 36.7. The molecular formula is C10H13N3O5S. The minimum Gasteiger partial charge on any atom is -0.481 e. The van der Waals surface area contributed by atoms with E-state index in [0.29, 0.717) is 0 Å². The average molecular weight is 287 g/mol. The maximum atomic E-state index is 11.7. The van der Waals surface area contributed by atoms with Crippen molar-refractivity contribution in [3.63, 3.8) is 0 Å². The second kappa shape index (κ2) is 6.69. The third-order valence-electron chi connectivity index (χ3n) is 2.24. The monoisotopic (exact) mass is 287 g/mol. The lowest BCUT2D eigenvalue weighted by molar-refractivity contribution is -0.140. The Labute approximate surface area is 112 Å². The van der Waals surface area contributed by atoms with Crippen molar-refractivity contribution in [1.82, 2.24) is 10.3 Å². The zero-order valence-electron chi connectivity index (χ0n) is 9.83. The number of hydrogen-bond donors (Lipinski definition) is 4. The van der Waals surface area contributed by atoms with Crippen LogP contribution in [0.1, 0.15) is 29.8 Å². The van der Waals surface area contributed by atoms with Crippen LogP contribution in [0, 0.1) is 0 Å². The van der Waals surface area contributed by atoms with Gasteiger partial charge in [0, 0.05) is 11.8 Å². The number of hydrogen-bond acceptors (Lipinski definition) is 6. The zero-order chi connectivity index (χ0) is 14.4. The lowest BCUT2D eigenvalue weighted by Gasteiger charge is -2.12. The number of thiazole rings is 1. The van der Waals surface area contributed by atoms with Crippen molar-refractivity contribution < 1.29 is 24.6 Å². The number of nitrogens with one attached hydrogen (secondary N) is 1. The highest BCUT2D eigenvalue weighted by Gasteiger charge is 2.21. The highest BCUT2D eigenvalue weighted by Crippen LogP contribution is 2.11. The minimum absolute atomic E-state index is 0.0347. The number of carbonyl (C=O) groups is 3. The van der Waals surface area contributed by atoms with Crippen LogP contribution in [0.3, 0.4) is 0 Å². The molecule has 0 aliphatic carbocycles. The number of anilines is 1. The SMILES string of the molecule is Nc1nc(C(=O)N[C@H](CCCC(=O)O)C(=O)O)cs1. The van der Waals surface area contributed by atoms with Crippen molar-refractivity contribution in [2.24, 2.45) is 0 Å². The number of carbonyl (C=O) groups excluding carboxylic acids is 1. The Morgan fingerprint density at radius 3 is 2.58 bits per heavy atom. The fourth-order valence-corrected chi connectivity index (χ4v) is 1.88. The summed E-state index contributed by atoms with van der Waals surface area (Å²) in [6.07, 6.45) is 0.0437. The molecule has 0 aromatic carbocycles. The highest BCUT2D eigenvalue weighted by atomic mass is 32.1. The van der Waals surface area contributed by atoms with E-state index < -0.39 is 23.9 Å². The van der Waals surface area contributed by atoms with Crippen LogP contribution >= 0.6 is 11.3 Å². The van der Waals surface area contributed by atoms with Crippen molar-refractivity contribution in [3.8, 4) is 0 Å². The number of nitrogens with two attached hydrogens (primary N) is 1. The van der Waals surface area contributed by atoms with Gasteiger partial charge in [-0.3, -0.25) is 9.59 Å². The smallest absolute Gasteiger partial charge is 0.326 e. The lowest BCUT2D eigenvalue weighted by Crippen LogP contribution is -2.41. The van der Waals surface area contributed by atoms with E-state index in [9.17, 15) is 14.4 Å². The lowest BCUT2D eigenvalue weighted by atomic mass is 10.1. The molecule has 1 rings (SSSR count). The molecule has 9 heteroatoms. The van der Waals surface area contributed by atoms with E-state index in [1.54, 1.807) is 0 Å². The van der Waals surface area contributed by atoms with E-state index >= 15 is 0 Å². The average Bonchev–Trinajstić information content (AvgIpc) is 2.73. The van der Waals surface area contributed by atoms with Crippen LogP contribution in [0.4, 0.5) is 5.13 Å². The summed E-state index contributed by atoms with van der Waals surface area (Å²) in [5.41, 5.74) is 5.41. The molecule has 0 radical (unpaired) electrons. The molecule has 1 heterocycles. The number of rotatable bonds is 7. The number of nitrogens with zero attached hydrogens (tertiary/aromatic N) is 1. The van der Waals surface area contributed by atoms with Crippen molar-refractivity contribution in [2.45, 2.75) is 25.3 Å². The maximum absolute atomic E-state index is 11.7. The molecule has 0 unspecified atom stereocenters. The van der Waals surface area contributed by atoms with E-state index in [1.165, 1.54) is 5.38 Å². The Hall–Kier alpha value is -2.16. The first-order valence-electron chi connectivity index (χ1n) is 5.36. The third kappa shape index (κ3) is 4.92. The van der Waals surface area contributed by atoms with Crippen molar-refractivity contribution in [1.29, 1.82) is 0 Å². The van der Waals surface area contributed by atoms with Crippen LogP contribution in [0.5, 0.6) is 0 Å². The highest BCUT2D eigenvalue weighted by molar-refractivity contribution is 7.13. The molecule has 0 fully saturated rings. The quantitative estimate of drug-likeness (QED) is 0.559. The predicted molar refractivity (Wildman–Crippen MR) is 66.9 cm³/mol. The topological polar surface area (TPSA) is 143 Å². The standard InChI is InChI=1S/C10H13N3O5S/c11-10-13-6(4-19-10)8(16)12-5(9(17)18)2-1-3-7(14)15/h4-5H,1-3H2,(H2,11,13)(H,12,16)(H,14,15)(H,17,18)/t5-/m1/s1. The molecule has 1 aromatic heterocycles. The zero-order valence-corrected chi connectivity index (χ0v) is 10.6. The van der Waals surface area contributed by atoms with Crippen LogP contribution in [-0.2, 0) is 9.59 Å². The first-order valence-corrected chi connectivity index (χ1v) is 6.24. The Morgan fingerprint density at radius 1 is 1.42 bits per heavy atom. The van der Waals surface area contributed by atoms with Gasteiger partial charge in [0.05, 0.1) is 0 Å². The molecule has 0 saturated carbocycles. The van der Waals surface area contributed by atoms with E-state index in [2.05, 4.69) is 10.3 Å². The van der Waals surface area contributed by atoms with Gasteiger partial charge in [-0.15, -0.1) is 11.3 Å². The number of carboxylic acid groups (broad SMARTS) is 2.